The third kappa shape index (κ3) is 5.75. The molecule has 1 aromatic rings. The minimum absolute atomic E-state index is 0.0429. The van der Waals surface area contributed by atoms with Crippen LogP contribution in [-0.4, -0.2) is 85.5 Å². The van der Waals surface area contributed by atoms with Crippen LogP contribution in [0.1, 0.15) is 31.2 Å². The molecule has 0 aromatic heterocycles. The zero-order valence-electron chi connectivity index (χ0n) is 16.6. The van der Waals surface area contributed by atoms with E-state index >= 15 is 0 Å². The van der Waals surface area contributed by atoms with E-state index in [1.54, 1.807) is 12.1 Å². The Hall–Kier alpha value is -1.99. The summed E-state index contributed by atoms with van der Waals surface area (Å²) < 4.78 is 18.4. The van der Waals surface area contributed by atoms with Crippen molar-refractivity contribution in [2.75, 3.05) is 59.0 Å². The first-order valence-electron chi connectivity index (χ1n) is 10.1. The van der Waals surface area contributed by atoms with E-state index in [9.17, 15) is 14.0 Å². The molecule has 154 valence electrons. The van der Waals surface area contributed by atoms with Crippen LogP contribution in [0.25, 0.3) is 0 Å². The number of rotatable bonds is 6. The molecule has 2 amide bonds. The maximum atomic E-state index is 13.1. The summed E-state index contributed by atoms with van der Waals surface area (Å²) in [5.74, 6) is 0.0356. The average molecular weight is 391 g/mol. The van der Waals surface area contributed by atoms with Gasteiger partial charge in [-0.25, -0.2) is 4.39 Å². The molecule has 2 fully saturated rings. The van der Waals surface area contributed by atoms with E-state index in [0.29, 0.717) is 39.0 Å². The second kappa shape index (κ2) is 9.98. The first-order chi connectivity index (χ1) is 13.5. The van der Waals surface area contributed by atoms with E-state index in [-0.39, 0.29) is 23.5 Å². The van der Waals surface area contributed by atoms with Crippen LogP contribution < -0.4 is 0 Å². The Morgan fingerprint density at radius 3 is 2.14 bits per heavy atom. The predicted molar refractivity (Wildman–Crippen MR) is 104 cm³/mol. The van der Waals surface area contributed by atoms with Gasteiger partial charge in [0.25, 0.3) is 0 Å². The number of carbonyl (C=O) groups excluding carboxylic acids is 2. The molecule has 7 heteroatoms. The Kier molecular flexibility index (Phi) is 7.39. The largest absolute Gasteiger partial charge is 0.379 e. The molecular weight excluding hydrogens is 361 g/mol. The van der Waals surface area contributed by atoms with E-state index in [0.717, 1.165) is 38.4 Å². The fraction of sp³-hybridized carbons (Fsp3) is 0.619. The predicted octanol–water partition coefficient (Wildman–Crippen LogP) is 1.71. The van der Waals surface area contributed by atoms with Gasteiger partial charge in [-0.2, -0.15) is 0 Å². The number of carbonyl (C=O) groups is 2. The molecule has 0 saturated carbocycles. The van der Waals surface area contributed by atoms with Crippen LogP contribution in [0.5, 0.6) is 0 Å². The van der Waals surface area contributed by atoms with Crippen LogP contribution in [0.3, 0.4) is 0 Å². The summed E-state index contributed by atoms with van der Waals surface area (Å²) >= 11 is 0. The van der Waals surface area contributed by atoms with Crippen LogP contribution in [0.2, 0.25) is 0 Å². The second-order valence-electron chi connectivity index (χ2n) is 7.62. The maximum Gasteiger partial charge on any atom is 0.223 e. The van der Waals surface area contributed by atoms with Gasteiger partial charge in [0, 0.05) is 58.7 Å². The van der Waals surface area contributed by atoms with Crippen molar-refractivity contribution in [2.45, 2.75) is 25.7 Å². The number of hydrogen-bond donors (Lipinski definition) is 0. The maximum absolute atomic E-state index is 13.1. The summed E-state index contributed by atoms with van der Waals surface area (Å²) in [5, 5.41) is 0. The van der Waals surface area contributed by atoms with Crippen molar-refractivity contribution >= 4 is 11.8 Å². The third-order valence-corrected chi connectivity index (χ3v) is 5.65. The van der Waals surface area contributed by atoms with Crippen molar-refractivity contribution in [1.82, 2.24) is 14.7 Å². The van der Waals surface area contributed by atoms with E-state index < -0.39 is 0 Å². The second-order valence-corrected chi connectivity index (χ2v) is 7.62. The SMILES string of the molecule is CC(CC(=O)N1CCN(C(=O)CCN2CCOCC2)CC1)c1ccc(F)cc1. The smallest absolute Gasteiger partial charge is 0.223 e. The first-order valence-corrected chi connectivity index (χ1v) is 10.1. The van der Waals surface area contributed by atoms with Crippen LogP contribution in [0.4, 0.5) is 4.39 Å². The van der Waals surface area contributed by atoms with Gasteiger partial charge in [0.15, 0.2) is 0 Å². The monoisotopic (exact) mass is 391 g/mol. The van der Waals surface area contributed by atoms with Gasteiger partial charge in [0.1, 0.15) is 5.82 Å². The number of hydrogen-bond acceptors (Lipinski definition) is 4. The van der Waals surface area contributed by atoms with E-state index in [2.05, 4.69) is 4.90 Å². The van der Waals surface area contributed by atoms with Crippen molar-refractivity contribution in [1.29, 1.82) is 0 Å². The number of nitrogens with zero attached hydrogens (tertiary/aromatic N) is 3. The highest BCUT2D eigenvalue weighted by molar-refractivity contribution is 5.79. The molecule has 0 spiro atoms. The van der Waals surface area contributed by atoms with Gasteiger partial charge in [0.05, 0.1) is 13.2 Å². The lowest BCUT2D eigenvalue weighted by Crippen LogP contribution is -2.51. The highest BCUT2D eigenvalue weighted by Gasteiger charge is 2.25. The van der Waals surface area contributed by atoms with E-state index in [4.69, 9.17) is 4.74 Å². The van der Waals surface area contributed by atoms with Crippen molar-refractivity contribution in [3.8, 4) is 0 Å². The summed E-state index contributed by atoms with van der Waals surface area (Å²) in [4.78, 5) is 31.0. The van der Waals surface area contributed by atoms with Gasteiger partial charge in [0.2, 0.25) is 11.8 Å². The minimum Gasteiger partial charge on any atom is -0.379 e. The van der Waals surface area contributed by atoms with Crippen LogP contribution in [0.15, 0.2) is 24.3 Å². The molecule has 1 unspecified atom stereocenters. The number of piperazine rings is 1. The highest BCUT2D eigenvalue weighted by Crippen LogP contribution is 2.21. The zero-order chi connectivity index (χ0) is 19.9. The molecule has 1 atom stereocenters. The quantitative estimate of drug-likeness (QED) is 0.741. The molecule has 2 aliphatic rings. The number of halogens is 1. The van der Waals surface area contributed by atoms with E-state index in [1.165, 1.54) is 12.1 Å². The molecule has 6 nitrogen and oxygen atoms in total. The molecular formula is C21H30FN3O3. The summed E-state index contributed by atoms with van der Waals surface area (Å²) in [6.45, 7) is 8.38. The number of morpholine rings is 1. The molecule has 3 rings (SSSR count). The Balaban J connectivity index is 1.39. The third-order valence-electron chi connectivity index (χ3n) is 5.65. The fourth-order valence-corrected chi connectivity index (χ4v) is 3.74. The Labute approximate surface area is 166 Å². The molecule has 1 aromatic carbocycles. The minimum atomic E-state index is -0.267. The van der Waals surface area contributed by atoms with Gasteiger partial charge in [-0.15, -0.1) is 0 Å². The van der Waals surface area contributed by atoms with Gasteiger partial charge in [-0.3, -0.25) is 14.5 Å². The van der Waals surface area contributed by atoms with E-state index in [1.807, 2.05) is 16.7 Å². The average Bonchev–Trinajstić information content (AvgIpc) is 2.73. The van der Waals surface area contributed by atoms with Crippen molar-refractivity contribution < 1.29 is 18.7 Å². The molecule has 28 heavy (non-hydrogen) atoms. The zero-order valence-corrected chi connectivity index (χ0v) is 16.6. The van der Waals surface area contributed by atoms with Gasteiger partial charge in [-0.05, 0) is 23.6 Å². The summed E-state index contributed by atoms with van der Waals surface area (Å²) in [5.41, 5.74) is 0.965. The molecule has 0 radical (unpaired) electrons. The molecule has 0 bridgehead atoms. The lowest BCUT2D eigenvalue weighted by Gasteiger charge is -2.36. The Morgan fingerprint density at radius 2 is 1.54 bits per heavy atom. The van der Waals surface area contributed by atoms with Crippen molar-refractivity contribution in [2.24, 2.45) is 0 Å². The lowest BCUT2D eigenvalue weighted by molar-refractivity contribution is -0.140. The normalized spacial score (nSPS) is 19.5. The van der Waals surface area contributed by atoms with Crippen LogP contribution in [0, 0.1) is 5.82 Å². The molecule has 2 saturated heterocycles. The number of benzene rings is 1. The molecule has 0 aliphatic carbocycles. The Morgan fingerprint density at radius 1 is 0.964 bits per heavy atom. The van der Waals surface area contributed by atoms with Crippen LogP contribution >= 0.6 is 0 Å². The van der Waals surface area contributed by atoms with Crippen LogP contribution in [-0.2, 0) is 14.3 Å². The van der Waals surface area contributed by atoms with Crippen molar-refractivity contribution in [3.63, 3.8) is 0 Å². The number of amides is 2. The topological polar surface area (TPSA) is 53.1 Å². The van der Waals surface area contributed by atoms with Gasteiger partial charge < -0.3 is 14.5 Å². The van der Waals surface area contributed by atoms with Crippen molar-refractivity contribution in [3.05, 3.63) is 35.6 Å². The molecule has 2 heterocycles. The Bertz CT molecular complexity index is 653. The van der Waals surface area contributed by atoms with Gasteiger partial charge >= 0.3 is 0 Å². The fourth-order valence-electron chi connectivity index (χ4n) is 3.74. The van der Waals surface area contributed by atoms with Gasteiger partial charge in [-0.1, -0.05) is 19.1 Å². The summed E-state index contributed by atoms with van der Waals surface area (Å²) in [6.07, 6.45) is 0.923. The lowest BCUT2D eigenvalue weighted by atomic mass is 9.97. The first kappa shape index (κ1) is 20.7. The highest BCUT2D eigenvalue weighted by atomic mass is 19.1. The standard InChI is InChI=1S/C21H30FN3O3/c1-17(18-2-4-19(22)5-3-18)16-21(27)25-10-8-24(9-11-25)20(26)6-7-23-12-14-28-15-13-23/h2-5,17H,6-16H2,1H3. The number of ether oxygens (including phenoxy) is 1. The summed E-state index contributed by atoms with van der Waals surface area (Å²) in [6, 6.07) is 6.33. The summed E-state index contributed by atoms with van der Waals surface area (Å²) in [7, 11) is 0. The molecule has 2 aliphatic heterocycles. The molecule has 0 N–H and O–H groups in total.